The van der Waals surface area contributed by atoms with Gasteiger partial charge in [-0.3, -0.25) is 4.79 Å². The summed E-state index contributed by atoms with van der Waals surface area (Å²) in [5.41, 5.74) is 5.13. The van der Waals surface area contributed by atoms with Crippen LogP contribution < -0.4 is 5.73 Å². The maximum absolute atomic E-state index is 10.7. The van der Waals surface area contributed by atoms with Crippen molar-refractivity contribution in [3.63, 3.8) is 0 Å². The SMILES string of the molecule is Cc1ccc(CCC(O)CCC2C(O)CC(O)C2CC=CCCCC(N)=O)s1. The van der Waals surface area contributed by atoms with E-state index in [1.165, 1.54) is 9.75 Å². The van der Waals surface area contributed by atoms with Crippen molar-refractivity contribution in [1.82, 2.24) is 0 Å². The monoisotopic (exact) mass is 409 g/mol. The highest BCUT2D eigenvalue weighted by Crippen LogP contribution is 2.38. The first-order valence-corrected chi connectivity index (χ1v) is 11.2. The Morgan fingerprint density at radius 3 is 2.68 bits per heavy atom. The predicted molar refractivity (Wildman–Crippen MR) is 113 cm³/mol. The second kappa shape index (κ2) is 11.7. The number of primary amides is 1. The number of carbonyl (C=O) groups excluding carboxylic acids is 1. The molecule has 1 aromatic heterocycles. The van der Waals surface area contributed by atoms with E-state index < -0.39 is 12.2 Å². The zero-order valence-corrected chi connectivity index (χ0v) is 17.6. The number of amides is 1. The number of hydrogen-bond donors (Lipinski definition) is 4. The number of rotatable bonds is 12. The molecule has 5 atom stereocenters. The molecule has 2 rings (SSSR count). The van der Waals surface area contributed by atoms with Gasteiger partial charge in [0, 0.05) is 16.2 Å². The van der Waals surface area contributed by atoms with E-state index >= 15 is 0 Å². The first kappa shape index (κ1) is 23.1. The van der Waals surface area contributed by atoms with Crippen LogP contribution in [0.15, 0.2) is 24.3 Å². The van der Waals surface area contributed by atoms with Crippen LogP contribution in [-0.2, 0) is 11.2 Å². The van der Waals surface area contributed by atoms with Crippen LogP contribution in [-0.4, -0.2) is 39.5 Å². The molecule has 1 fully saturated rings. The lowest BCUT2D eigenvalue weighted by Gasteiger charge is -2.23. The van der Waals surface area contributed by atoms with E-state index in [1.54, 1.807) is 11.3 Å². The van der Waals surface area contributed by atoms with E-state index in [1.807, 2.05) is 12.2 Å². The standard InChI is InChI=1S/C22H35NO4S/c1-15-8-11-17(28-15)12-9-16(24)10-13-19-18(20(25)14-21(19)26)6-4-2-3-5-7-22(23)27/h2,4,8,11,16,18-21,24-26H,3,5-7,9-10,12-14H2,1H3,(H2,23,27). The number of aliphatic hydroxyl groups is 3. The minimum atomic E-state index is -0.504. The lowest BCUT2D eigenvalue weighted by Crippen LogP contribution is -2.23. The number of unbranched alkanes of at least 4 members (excludes halogenated alkanes) is 1. The molecule has 6 heteroatoms. The maximum Gasteiger partial charge on any atom is 0.217 e. The van der Waals surface area contributed by atoms with E-state index in [0.717, 1.165) is 32.1 Å². The first-order valence-electron chi connectivity index (χ1n) is 10.4. The van der Waals surface area contributed by atoms with E-state index in [-0.39, 0.29) is 23.8 Å². The van der Waals surface area contributed by atoms with Crippen LogP contribution in [0.25, 0.3) is 0 Å². The van der Waals surface area contributed by atoms with Gasteiger partial charge in [-0.2, -0.15) is 0 Å². The Hall–Kier alpha value is -1.21. The molecule has 158 valence electrons. The Bertz CT molecular complexity index is 630. The highest BCUT2D eigenvalue weighted by molar-refractivity contribution is 7.11. The third-order valence-corrected chi connectivity index (χ3v) is 6.80. The van der Waals surface area contributed by atoms with Crippen LogP contribution in [0.3, 0.4) is 0 Å². The van der Waals surface area contributed by atoms with Crippen LogP contribution in [0, 0.1) is 18.8 Å². The van der Waals surface area contributed by atoms with Crippen molar-refractivity contribution in [3.05, 3.63) is 34.0 Å². The molecular formula is C22H35NO4S. The summed E-state index contributed by atoms with van der Waals surface area (Å²) in [7, 11) is 0. The minimum Gasteiger partial charge on any atom is -0.393 e. The summed E-state index contributed by atoms with van der Waals surface area (Å²) in [6, 6.07) is 4.23. The summed E-state index contributed by atoms with van der Waals surface area (Å²) in [6.45, 7) is 2.09. The third kappa shape index (κ3) is 7.66. The summed E-state index contributed by atoms with van der Waals surface area (Å²) in [4.78, 5) is 13.3. The number of hydrogen-bond acceptors (Lipinski definition) is 5. The fourth-order valence-corrected chi connectivity index (χ4v) is 5.03. The van der Waals surface area contributed by atoms with Gasteiger partial charge < -0.3 is 21.1 Å². The molecule has 1 heterocycles. The number of allylic oxidation sites excluding steroid dienone is 2. The van der Waals surface area contributed by atoms with Crippen molar-refractivity contribution >= 4 is 17.2 Å². The molecule has 0 saturated heterocycles. The first-order chi connectivity index (χ1) is 13.4. The molecule has 5 N–H and O–H groups in total. The van der Waals surface area contributed by atoms with Crippen LogP contribution in [0.1, 0.15) is 61.1 Å². The van der Waals surface area contributed by atoms with Gasteiger partial charge in [0.05, 0.1) is 18.3 Å². The molecule has 0 spiro atoms. The van der Waals surface area contributed by atoms with Crippen LogP contribution in [0.5, 0.6) is 0 Å². The van der Waals surface area contributed by atoms with Gasteiger partial charge in [0.1, 0.15) is 0 Å². The zero-order chi connectivity index (χ0) is 20.5. The van der Waals surface area contributed by atoms with E-state index in [2.05, 4.69) is 19.1 Å². The minimum absolute atomic E-state index is 0.0175. The second-order valence-corrected chi connectivity index (χ2v) is 9.42. The van der Waals surface area contributed by atoms with Gasteiger partial charge in [-0.25, -0.2) is 0 Å². The molecule has 0 aliphatic heterocycles. The zero-order valence-electron chi connectivity index (χ0n) is 16.8. The molecule has 1 aromatic rings. The molecule has 28 heavy (non-hydrogen) atoms. The molecule has 1 saturated carbocycles. The summed E-state index contributed by atoms with van der Waals surface area (Å²) in [5, 5.41) is 31.0. The maximum atomic E-state index is 10.7. The highest BCUT2D eigenvalue weighted by atomic mass is 32.1. The lowest BCUT2D eigenvalue weighted by atomic mass is 9.85. The van der Waals surface area contributed by atoms with E-state index in [9.17, 15) is 20.1 Å². The lowest BCUT2D eigenvalue weighted by molar-refractivity contribution is -0.118. The Morgan fingerprint density at radius 1 is 1.25 bits per heavy atom. The number of aryl methyl sites for hydroxylation is 2. The average molecular weight is 410 g/mol. The number of thiophene rings is 1. The Morgan fingerprint density at radius 2 is 2.00 bits per heavy atom. The van der Waals surface area contributed by atoms with Crippen molar-refractivity contribution in [1.29, 1.82) is 0 Å². The Kier molecular flexibility index (Phi) is 9.65. The molecule has 1 amide bonds. The molecule has 0 bridgehead atoms. The molecule has 1 aliphatic rings. The number of aliphatic hydroxyl groups excluding tert-OH is 3. The topological polar surface area (TPSA) is 104 Å². The molecule has 5 unspecified atom stereocenters. The quantitative estimate of drug-likeness (QED) is 0.314. The van der Waals surface area contributed by atoms with Crippen molar-refractivity contribution < 1.29 is 20.1 Å². The summed E-state index contributed by atoms with van der Waals surface area (Å²) in [6.07, 6.45) is 8.71. The van der Waals surface area contributed by atoms with Crippen molar-refractivity contribution in [2.45, 2.75) is 83.0 Å². The van der Waals surface area contributed by atoms with Crippen LogP contribution in [0.2, 0.25) is 0 Å². The van der Waals surface area contributed by atoms with Crippen molar-refractivity contribution in [2.24, 2.45) is 17.6 Å². The normalized spacial score (nSPS) is 26.1. The Balaban J connectivity index is 1.74. The molecule has 1 aliphatic carbocycles. The van der Waals surface area contributed by atoms with Crippen molar-refractivity contribution in [3.8, 4) is 0 Å². The fraction of sp³-hybridized carbons (Fsp3) is 0.682. The van der Waals surface area contributed by atoms with Gasteiger partial charge in [-0.05, 0) is 82.3 Å². The second-order valence-electron chi connectivity index (χ2n) is 8.05. The van der Waals surface area contributed by atoms with E-state index in [4.69, 9.17) is 5.73 Å². The van der Waals surface area contributed by atoms with E-state index in [0.29, 0.717) is 25.7 Å². The highest BCUT2D eigenvalue weighted by Gasteiger charge is 2.40. The molecule has 0 radical (unpaired) electrons. The number of nitrogens with two attached hydrogens (primary N) is 1. The fourth-order valence-electron chi connectivity index (χ4n) is 4.13. The van der Waals surface area contributed by atoms with Gasteiger partial charge >= 0.3 is 0 Å². The van der Waals surface area contributed by atoms with Gasteiger partial charge in [-0.15, -0.1) is 11.3 Å². The average Bonchev–Trinajstić information content (AvgIpc) is 3.16. The largest absolute Gasteiger partial charge is 0.393 e. The molecule has 5 nitrogen and oxygen atoms in total. The van der Waals surface area contributed by atoms with Crippen molar-refractivity contribution in [2.75, 3.05) is 0 Å². The van der Waals surface area contributed by atoms with Gasteiger partial charge in [0.2, 0.25) is 5.91 Å². The smallest absolute Gasteiger partial charge is 0.217 e. The Labute approximate surface area is 172 Å². The molecular weight excluding hydrogens is 374 g/mol. The molecule has 0 aromatic carbocycles. The number of carbonyl (C=O) groups is 1. The van der Waals surface area contributed by atoms with Crippen LogP contribution >= 0.6 is 11.3 Å². The third-order valence-electron chi connectivity index (χ3n) is 5.74. The predicted octanol–water partition coefficient (Wildman–Crippen LogP) is 3.09. The van der Waals surface area contributed by atoms with Gasteiger partial charge in [0.25, 0.3) is 0 Å². The summed E-state index contributed by atoms with van der Waals surface area (Å²) < 4.78 is 0. The van der Waals surface area contributed by atoms with Gasteiger partial charge in [-0.1, -0.05) is 12.2 Å². The van der Waals surface area contributed by atoms with Crippen LogP contribution in [0.4, 0.5) is 0 Å². The summed E-state index contributed by atoms with van der Waals surface area (Å²) >= 11 is 1.77. The summed E-state index contributed by atoms with van der Waals surface area (Å²) in [5.74, 6) is -0.242. The van der Waals surface area contributed by atoms with Gasteiger partial charge in [0.15, 0.2) is 0 Å².